The first-order valence-corrected chi connectivity index (χ1v) is 12.8. The Hall–Kier alpha value is -3.14. The monoisotopic (exact) mass is 468 g/mol. The fraction of sp³-hybridized carbons (Fsp3) is 0.419. The second kappa shape index (κ2) is 9.85. The van der Waals surface area contributed by atoms with E-state index in [4.69, 9.17) is 9.98 Å². The van der Waals surface area contributed by atoms with E-state index >= 15 is 0 Å². The highest BCUT2D eigenvalue weighted by Crippen LogP contribution is 2.41. The lowest BCUT2D eigenvalue weighted by Gasteiger charge is -2.38. The third-order valence-corrected chi connectivity index (χ3v) is 7.00. The fourth-order valence-electron chi connectivity index (χ4n) is 5.15. The molecule has 0 fully saturated rings. The number of nitrogens with one attached hydrogen (secondary N) is 2. The van der Waals surface area contributed by atoms with E-state index < -0.39 is 0 Å². The highest BCUT2D eigenvalue weighted by atomic mass is 15.0. The molecule has 2 atom stereocenters. The van der Waals surface area contributed by atoms with Crippen molar-refractivity contribution >= 4 is 22.8 Å². The molecule has 2 heterocycles. The molecular formula is C31H40N4. The van der Waals surface area contributed by atoms with Crippen molar-refractivity contribution in [2.75, 3.05) is 0 Å². The highest BCUT2D eigenvalue weighted by molar-refractivity contribution is 5.89. The first-order chi connectivity index (χ1) is 16.6. The van der Waals surface area contributed by atoms with Crippen LogP contribution in [-0.2, 0) is 6.42 Å². The molecule has 4 rings (SSSR count). The summed E-state index contributed by atoms with van der Waals surface area (Å²) < 4.78 is 0. The molecule has 0 saturated carbocycles. The minimum absolute atomic E-state index is 0.0242. The number of amidine groups is 2. The van der Waals surface area contributed by atoms with Crippen LogP contribution in [0, 0.1) is 10.8 Å². The van der Waals surface area contributed by atoms with Crippen LogP contribution in [0.25, 0.3) is 11.1 Å². The first-order valence-electron chi connectivity index (χ1n) is 12.8. The molecule has 2 aliphatic heterocycles. The summed E-state index contributed by atoms with van der Waals surface area (Å²) >= 11 is 0. The molecule has 4 heteroatoms. The maximum absolute atomic E-state index is 5.22. The van der Waals surface area contributed by atoms with E-state index in [1.54, 1.807) is 0 Å². The third kappa shape index (κ3) is 5.42. The Kier molecular flexibility index (Phi) is 7.02. The molecule has 2 N–H and O–H groups in total. The lowest BCUT2D eigenvalue weighted by Crippen LogP contribution is -2.38. The molecule has 2 aromatic carbocycles. The molecule has 2 unspecified atom stereocenters. The normalized spacial score (nSPS) is 20.7. The zero-order valence-corrected chi connectivity index (χ0v) is 22.3. The Morgan fingerprint density at radius 3 is 2.11 bits per heavy atom. The van der Waals surface area contributed by atoms with Crippen molar-refractivity contribution in [3.05, 3.63) is 83.7 Å². The molecule has 0 spiro atoms. The van der Waals surface area contributed by atoms with Crippen LogP contribution < -0.4 is 10.6 Å². The van der Waals surface area contributed by atoms with Gasteiger partial charge in [0, 0.05) is 30.0 Å². The average molecular weight is 469 g/mol. The summed E-state index contributed by atoms with van der Waals surface area (Å²) in [5.41, 5.74) is 6.28. The van der Waals surface area contributed by atoms with Gasteiger partial charge in [-0.25, -0.2) is 0 Å². The molecule has 0 amide bonds. The fourth-order valence-corrected chi connectivity index (χ4v) is 5.15. The zero-order chi connectivity index (χ0) is 25.2. The Morgan fingerprint density at radius 1 is 0.771 bits per heavy atom. The molecule has 2 aliphatic rings. The Bertz CT molecular complexity index is 1180. The van der Waals surface area contributed by atoms with Gasteiger partial charge in [0.1, 0.15) is 5.84 Å². The van der Waals surface area contributed by atoms with Crippen LogP contribution in [0.3, 0.4) is 0 Å². The summed E-state index contributed by atoms with van der Waals surface area (Å²) in [6, 6.07) is 19.6. The Labute approximate surface area is 211 Å². The van der Waals surface area contributed by atoms with Crippen molar-refractivity contribution in [3.8, 4) is 0 Å². The summed E-state index contributed by atoms with van der Waals surface area (Å²) in [5, 5.41) is 6.81. The van der Waals surface area contributed by atoms with Crippen LogP contribution in [-0.4, -0.2) is 23.8 Å². The van der Waals surface area contributed by atoms with Crippen molar-refractivity contribution in [2.24, 2.45) is 20.8 Å². The van der Waals surface area contributed by atoms with Crippen molar-refractivity contribution in [1.29, 1.82) is 0 Å². The zero-order valence-electron chi connectivity index (χ0n) is 22.3. The van der Waals surface area contributed by atoms with Crippen LogP contribution >= 0.6 is 0 Å². The maximum Gasteiger partial charge on any atom is 0.101 e. The molecule has 4 nitrogen and oxygen atoms in total. The van der Waals surface area contributed by atoms with Gasteiger partial charge in [-0.15, -0.1) is 0 Å². The van der Waals surface area contributed by atoms with Gasteiger partial charge in [0.05, 0.1) is 17.9 Å². The second-order valence-electron chi connectivity index (χ2n) is 11.5. The minimum Gasteiger partial charge on any atom is -0.350 e. The lowest BCUT2D eigenvalue weighted by atomic mass is 9.72. The van der Waals surface area contributed by atoms with Crippen LogP contribution in [0.15, 0.2) is 77.0 Å². The second-order valence-corrected chi connectivity index (χ2v) is 11.5. The van der Waals surface area contributed by atoms with E-state index in [1.807, 2.05) is 6.92 Å². The highest BCUT2D eigenvalue weighted by Gasteiger charge is 2.37. The van der Waals surface area contributed by atoms with Crippen molar-refractivity contribution in [2.45, 2.75) is 73.4 Å². The number of rotatable bonds is 6. The summed E-state index contributed by atoms with van der Waals surface area (Å²) in [6.07, 6.45) is 6.14. The molecule has 2 aromatic rings. The van der Waals surface area contributed by atoms with Crippen LogP contribution in [0.2, 0.25) is 0 Å². The van der Waals surface area contributed by atoms with Crippen LogP contribution in [0.4, 0.5) is 0 Å². The average Bonchev–Trinajstić information content (AvgIpc) is 2.84. The van der Waals surface area contributed by atoms with Gasteiger partial charge in [0.15, 0.2) is 0 Å². The van der Waals surface area contributed by atoms with Gasteiger partial charge < -0.3 is 10.6 Å². The summed E-state index contributed by atoms with van der Waals surface area (Å²) in [5.74, 6) is 2.02. The van der Waals surface area contributed by atoms with Crippen molar-refractivity contribution < 1.29 is 0 Å². The minimum atomic E-state index is -0.0979. The van der Waals surface area contributed by atoms with E-state index in [1.165, 1.54) is 27.8 Å². The number of nitrogens with zero attached hydrogens (tertiary/aromatic N) is 2. The van der Waals surface area contributed by atoms with E-state index in [9.17, 15) is 0 Å². The molecule has 184 valence electrons. The molecule has 35 heavy (non-hydrogen) atoms. The predicted molar refractivity (Wildman–Crippen MR) is 150 cm³/mol. The molecular weight excluding hydrogens is 428 g/mol. The van der Waals surface area contributed by atoms with Gasteiger partial charge in [0.2, 0.25) is 0 Å². The molecule has 0 aromatic heterocycles. The number of hydrogen-bond donors (Lipinski definition) is 2. The third-order valence-electron chi connectivity index (χ3n) is 7.00. The largest absolute Gasteiger partial charge is 0.350 e. The predicted octanol–water partition coefficient (Wildman–Crippen LogP) is 6.85. The summed E-state index contributed by atoms with van der Waals surface area (Å²) in [7, 11) is 0. The number of aliphatic imine (C=N–C) groups is 2. The number of benzene rings is 2. The van der Waals surface area contributed by atoms with Gasteiger partial charge in [0.25, 0.3) is 0 Å². The van der Waals surface area contributed by atoms with E-state index in [2.05, 4.69) is 119 Å². The Morgan fingerprint density at radius 2 is 1.43 bits per heavy atom. The lowest BCUT2D eigenvalue weighted by molar-refractivity contribution is 0.328. The van der Waals surface area contributed by atoms with Gasteiger partial charge in [-0.05, 0) is 40.9 Å². The maximum atomic E-state index is 5.22. The van der Waals surface area contributed by atoms with Crippen LogP contribution in [0.1, 0.15) is 71.6 Å². The Balaban J connectivity index is 1.72. The topological polar surface area (TPSA) is 48.8 Å². The first kappa shape index (κ1) is 25.0. The van der Waals surface area contributed by atoms with Gasteiger partial charge in [-0.2, -0.15) is 0 Å². The standard InChI is InChI=1S/C31H40N4/c1-8-27-33-19-25(22-14-10-9-11-15-22)29(35-27)31(6,7)18-23-16-12-13-17-24(23)26-20-32-21(2)34-28(26)30(3,4)5/h9-17,19-20,28-29H,8,18H2,1-7H3,(H,32,34)(H,33,35). The molecule has 0 saturated heterocycles. The smallest absolute Gasteiger partial charge is 0.101 e. The van der Waals surface area contributed by atoms with Crippen molar-refractivity contribution in [1.82, 2.24) is 10.6 Å². The quantitative estimate of drug-likeness (QED) is 0.487. The van der Waals surface area contributed by atoms with Gasteiger partial charge in [-0.3, -0.25) is 9.98 Å². The summed E-state index contributed by atoms with van der Waals surface area (Å²) in [6.45, 7) is 15.7. The van der Waals surface area contributed by atoms with E-state index in [0.29, 0.717) is 0 Å². The van der Waals surface area contributed by atoms with Gasteiger partial charge >= 0.3 is 0 Å². The molecule has 0 radical (unpaired) electrons. The SMILES string of the molecule is CCC1=NC(C(C)(C)Cc2ccccc2C2=CNC(C)=NC2C(C)(C)C)C(c2ccccc2)=CN1. The summed E-state index contributed by atoms with van der Waals surface area (Å²) in [4.78, 5) is 10.2. The van der Waals surface area contributed by atoms with Gasteiger partial charge in [-0.1, -0.05) is 96.1 Å². The van der Waals surface area contributed by atoms with Crippen LogP contribution in [0.5, 0.6) is 0 Å². The van der Waals surface area contributed by atoms with E-state index in [-0.39, 0.29) is 22.9 Å². The van der Waals surface area contributed by atoms with E-state index in [0.717, 1.165) is 24.5 Å². The number of hydrogen-bond acceptors (Lipinski definition) is 4. The molecule has 0 bridgehead atoms. The molecule has 0 aliphatic carbocycles. The van der Waals surface area contributed by atoms with Crippen molar-refractivity contribution in [3.63, 3.8) is 0 Å².